The summed E-state index contributed by atoms with van der Waals surface area (Å²) >= 11 is 3.65. The Morgan fingerprint density at radius 3 is 2.80 bits per heavy atom. The highest BCUT2D eigenvalue weighted by Gasteiger charge is 2.20. The van der Waals surface area contributed by atoms with Crippen LogP contribution < -0.4 is 5.32 Å². The molecule has 86 valence electrons. The van der Waals surface area contributed by atoms with Gasteiger partial charge in [0.1, 0.15) is 6.04 Å². The molecule has 4 nitrogen and oxygen atoms in total. The van der Waals surface area contributed by atoms with E-state index in [0.29, 0.717) is 11.7 Å². The van der Waals surface area contributed by atoms with Crippen LogP contribution in [0.5, 0.6) is 0 Å². The third kappa shape index (κ3) is 4.79. The number of carbonyl (C=O) groups is 2. The van der Waals surface area contributed by atoms with Crippen molar-refractivity contribution in [1.82, 2.24) is 5.32 Å². The average Bonchev–Trinajstić information content (AvgIpc) is 2.18. The molecule has 1 rings (SSSR count). The monoisotopic (exact) mass is 249 g/mol. The molecule has 0 aromatic heterocycles. The topological polar surface area (TPSA) is 66.4 Å². The van der Waals surface area contributed by atoms with E-state index in [1.54, 1.807) is 11.8 Å². The molecule has 2 atom stereocenters. The van der Waals surface area contributed by atoms with Gasteiger partial charge in [0, 0.05) is 28.9 Å². The minimum atomic E-state index is -0.992. The summed E-state index contributed by atoms with van der Waals surface area (Å²) in [6, 6.07) is -0.793. The van der Waals surface area contributed by atoms with Gasteiger partial charge in [-0.2, -0.15) is 23.5 Å². The van der Waals surface area contributed by atoms with Gasteiger partial charge in [0.25, 0.3) is 0 Å². The molecule has 0 saturated carbocycles. The minimum Gasteiger partial charge on any atom is -0.480 e. The molecule has 0 spiro atoms. The van der Waals surface area contributed by atoms with Gasteiger partial charge >= 0.3 is 5.97 Å². The number of carboxylic acids is 1. The summed E-state index contributed by atoms with van der Waals surface area (Å²) in [5.74, 6) is 2.06. The predicted molar refractivity (Wildman–Crippen MR) is 63.4 cm³/mol. The zero-order valence-electron chi connectivity index (χ0n) is 8.56. The Morgan fingerprint density at radius 2 is 2.27 bits per heavy atom. The van der Waals surface area contributed by atoms with E-state index in [1.807, 2.05) is 11.8 Å². The van der Waals surface area contributed by atoms with E-state index in [0.717, 1.165) is 17.3 Å². The van der Waals surface area contributed by atoms with Crippen LogP contribution in [0.25, 0.3) is 0 Å². The smallest absolute Gasteiger partial charge is 0.325 e. The van der Waals surface area contributed by atoms with Gasteiger partial charge in [0.15, 0.2) is 0 Å². The highest BCUT2D eigenvalue weighted by atomic mass is 32.2. The average molecular weight is 249 g/mol. The maximum Gasteiger partial charge on any atom is 0.325 e. The molecular formula is C9H15NO3S2. The first-order chi connectivity index (χ1) is 7.09. The second-order valence-electron chi connectivity index (χ2n) is 3.40. The van der Waals surface area contributed by atoms with E-state index < -0.39 is 12.0 Å². The lowest BCUT2D eigenvalue weighted by atomic mass is 10.2. The predicted octanol–water partition coefficient (Wildman–Crippen LogP) is 0.814. The van der Waals surface area contributed by atoms with Crippen LogP contribution in [-0.4, -0.2) is 45.5 Å². The molecule has 1 saturated heterocycles. The quantitative estimate of drug-likeness (QED) is 0.772. The Kier molecular flexibility index (Phi) is 5.31. The van der Waals surface area contributed by atoms with Crippen molar-refractivity contribution < 1.29 is 14.7 Å². The molecule has 0 aromatic carbocycles. The summed E-state index contributed by atoms with van der Waals surface area (Å²) in [4.78, 5) is 21.9. The molecule has 2 N–H and O–H groups in total. The van der Waals surface area contributed by atoms with Gasteiger partial charge < -0.3 is 10.4 Å². The van der Waals surface area contributed by atoms with Crippen LogP contribution >= 0.6 is 23.5 Å². The van der Waals surface area contributed by atoms with Crippen molar-refractivity contribution >= 4 is 35.4 Å². The largest absolute Gasteiger partial charge is 0.480 e. The van der Waals surface area contributed by atoms with Crippen LogP contribution in [0.2, 0.25) is 0 Å². The zero-order valence-corrected chi connectivity index (χ0v) is 10.2. The number of hydrogen-bond acceptors (Lipinski definition) is 4. The second-order valence-corrected chi connectivity index (χ2v) is 5.96. The first kappa shape index (κ1) is 12.7. The van der Waals surface area contributed by atoms with Crippen molar-refractivity contribution in [2.45, 2.75) is 24.6 Å². The lowest BCUT2D eigenvalue weighted by molar-refractivity contribution is -0.141. The number of amides is 1. The molecular weight excluding hydrogens is 234 g/mol. The number of thioether (sulfide) groups is 2. The lowest BCUT2D eigenvalue weighted by Crippen LogP contribution is -2.39. The molecule has 0 bridgehead atoms. The molecule has 1 amide bonds. The van der Waals surface area contributed by atoms with Crippen LogP contribution in [-0.2, 0) is 9.59 Å². The second kappa shape index (κ2) is 6.27. The molecule has 0 aromatic rings. The van der Waals surface area contributed by atoms with Crippen molar-refractivity contribution in [2.75, 3.05) is 17.3 Å². The number of nitrogens with one attached hydrogen (secondary N) is 1. The van der Waals surface area contributed by atoms with Gasteiger partial charge in [0.05, 0.1) is 0 Å². The van der Waals surface area contributed by atoms with Gasteiger partial charge in [-0.15, -0.1) is 0 Å². The maximum atomic E-state index is 11.4. The van der Waals surface area contributed by atoms with Crippen LogP contribution in [0.1, 0.15) is 13.3 Å². The summed E-state index contributed by atoms with van der Waals surface area (Å²) in [5, 5.41) is 11.4. The van der Waals surface area contributed by atoms with E-state index in [2.05, 4.69) is 5.32 Å². The summed E-state index contributed by atoms with van der Waals surface area (Å²) in [5.41, 5.74) is 0. The number of aliphatic carboxylic acids is 1. The van der Waals surface area contributed by atoms with Crippen LogP contribution in [0.15, 0.2) is 0 Å². The van der Waals surface area contributed by atoms with E-state index in [4.69, 9.17) is 5.11 Å². The third-order valence-electron chi connectivity index (χ3n) is 2.05. The molecule has 0 aliphatic carbocycles. The molecule has 1 fully saturated rings. The molecule has 15 heavy (non-hydrogen) atoms. The van der Waals surface area contributed by atoms with Crippen molar-refractivity contribution in [3.05, 3.63) is 0 Å². The number of rotatable bonds is 4. The fraction of sp³-hybridized carbons (Fsp3) is 0.778. The Balaban J connectivity index is 2.25. The first-order valence-corrected chi connectivity index (χ1v) is 7.01. The molecule has 6 heteroatoms. The van der Waals surface area contributed by atoms with Crippen molar-refractivity contribution in [1.29, 1.82) is 0 Å². The van der Waals surface area contributed by atoms with Gasteiger partial charge in [-0.05, 0) is 6.92 Å². The summed E-state index contributed by atoms with van der Waals surface area (Å²) in [6.45, 7) is 1.48. The number of carbonyl (C=O) groups excluding carboxylic acids is 1. The van der Waals surface area contributed by atoms with E-state index in [-0.39, 0.29) is 5.91 Å². The highest BCUT2D eigenvalue weighted by Crippen LogP contribution is 2.26. The fourth-order valence-corrected chi connectivity index (χ4v) is 3.90. The lowest BCUT2D eigenvalue weighted by Gasteiger charge is -2.20. The summed E-state index contributed by atoms with van der Waals surface area (Å²) in [7, 11) is 0. The van der Waals surface area contributed by atoms with Gasteiger partial charge in [-0.25, -0.2) is 0 Å². The van der Waals surface area contributed by atoms with Gasteiger partial charge in [-0.1, -0.05) is 0 Å². The Morgan fingerprint density at radius 1 is 1.53 bits per heavy atom. The Bertz CT molecular complexity index is 242. The minimum absolute atomic E-state index is 0.162. The molecule has 1 aliphatic heterocycles. The molecule has 2 unspecified atom stereocenters. The highest BCUT2D eigenvalue weighted by molar-refractivity contribution is 8.06. The zero-order chi connectivity index (χ0) is 11.3. The first-order valence-electron chi connectivity index (χ1n) is 4.81. The van der Waals surface area contributed by atoms with E-state index in [1.165, 1.54) is 6.92 Å². The number of hydrogen-bond donors (Lipinski definition) is 2. The summed E-state index contributed by atoms with van der Waals surface area (Å²) in [6.07, 6.45) is 0.426. The Labute approximate surface area is 97.6 Å². The van der Waals surface area contributed by atoms with Crippen molar-refractivity contribution in [2.24, 2.45) is 0 Å². The molecule has 1 aliphatic rings. The van der Waals surface area contributed by atoms with Crippen LogP contribution in [0.3, 0.4) is 0 Å². The van der Waals surface area contributed by atoms with E-state index >= 15 is 0 Å². The Hall–Kier alpha value is -0.360. The van der Waals surface area contributed by atoms with E-state index in [9.17, 15) is 9.59 Å². The van der Waals surface area contributed by atoms with Gasteiger partial charge in [-0.3, -0.25) is 9.59 Å². The number of carboxylic acid groups (broad SMARTS) is 1. The normalized spacial score (nSPS) is 23.1. The van der Waals surface area contributed by atoms with Crippen molar-refractivity contribution in [3.63, 3.8) is 0 Å². The third-order valence-corrected chi connectivity index (χ3v) is 4.89. The molecule has 0 radical (unpaired) electrons. The maximum absolute atomic E-state index is 11.4. The van der Waals surface area contributed by atoms with Crippen LogP contribution in [0.4, 0.5) is 0 Å². The van der Waals surface area contributed by atoms with Gasteiger partial charge in [0.2, 0.25) is 5.91 Å². The van der Waals surface area contributed by atoms with Crippen LogP contribution in [0, 0.1) is 0 Å². The fourth-order valence-electron chi connectivity index (χ4n) is 1.22. The molecule has 1 heterocycles. The standard InChI is InChI=1S/C9H15NO3S2/c1-6(9(12)13)10-8(11)4-7-5-14-2-3-15-7/h6-7H,2-5H2,1H3,(H,10,11)(H,12,13). The SMILES string of the molecule is CC(NC(=O)CC1CSCCS1)C(=O)O. The van der Waals surface area contributed by atoms with Crippen molar-refractivity contribution in [3.8, 4) is 0 Å². The summed E-state index contributed by atoms with van der Waals surface area (Å²) < 4.78 is 0.